The van der Waals surface area contributed by atoms with E-state index in [1.807, 2.05) is 6.92 Å². The predicted molar refractivity (Wildman–Crippen MR) is 45.8 cm³/mol. The van der Waals surface area contributed by atoms with Crippen LogP contribution in [0, 0.1) is 5.92 Å². The molecule has 2 rings (SSSR count). The highest BCUT2D eigenvalue weighted by Crippen LogP contribution is 2.40. The third-order valence-corrected chi connectivity index (χ3v) is 2.70. The lowest BCUT2D eigenvalue weighted by Crippen LogP contribution is -2.45. The summed E-state index contributed by atoms with van der Waals surface area (Å²) in [7, 11) is 1.67. The van der Waals surface area contributed by atoms with E-state index in [0.717, 1.165) is 12.8 Å². The molecule has 4 nitrogen and oxygen atoms in total. The second kappa shape index (κ2) is 2.21. The SMILES string of the molecule is CN=C1NC(=O)C(C)(C2CC2)N1. The first kappa shape index (κ1) is 7.58. The minimum atomic E-state index is -0.394. The number of hydrogen-bond acceptors (Lipinski definition) is 2. The van der Waals surface area contributed by atoms with Crippen LogP contribution < -0.4 is 10.6 Å². The smallest absolute Gasteiger partial charge is 0.252 e. The van der Waals surface area contributed by atoms with Gasteiger partial charge in [-0.1, -0.05) is 0 Å². The molecule has 1 saturated heterocycles. The van der Waals surface area contributed by atoms with Crippen molar-refractivity contribution in [2.45, 2.75) is 25.3 Å². The summed E-state index contributed by atoms with van der Waals surface area (Å²) >= 11 is 0. The van der Waals surface area contributed by atoms with E-state index in [1.165, 1.54) is 0 Å². The Morgan fingerprint density at radius 2 is 2.25 bits per heavy atom. The zero-order valence-corrected chi connectivity index (χ0v) is 7.35. The summed E-state index contributed by atoms with van der Waals surface area (Å²) in [4.78, 5) is 15.4. The molecule has 1 aliphatic carbocycles. The topological polar surface area (TPSA) is 53.5 Å². The fourth-order valence-electron chi connectivity index (χ4n) is 1.63. The van der Waals surface area contributed by atoms with Gasteiger partial charge >= 0.3 is 0 Å². The summed E-state index contributed by atoms with van der Waals surface area (Å²) in [6.45, 7) is 1.94. The Kier molecular flexibility index (Phi) is 1.40. The van der Waals surface area contributed by atoms with Gasteiger partial charge < -0.3 is 5.32 Å². The second-order valence-corrected chi connectivity index (χ2v) is 3.63. The van der Waals surface area contributed by atoms with Crippen LogP contribution in [0.2, 0.25) is 0 Å². The Morgan fingerprint density at radius 3 is 2.67 bits per heavy atom. The molecule has 2 aliphatic rings. The van der Waals surface area contributed by atoms with Crippen LogP contribution in [0.4, 0.5) is 0 Å². The Hall–Kier alpha value is -1.06. The van der Waals surface area contributed by atoms with Crippen molar-refractivity contribution in [1.82, 2.24) is 10.6 Å². The number of carbonyl (C=O) groups is 1. The quantitative estimate of drug-likeness (QED) is 0.571. The van der Waals surface area contributed by atoms with Crippen molar-refractivity contribution in [2.75, 3.05) is 7.05 Å². The van der Waals surface area contributed by atoms with Crippen molar-refractivity contribution < 1.29 is 4.79 Å². The normalized spacial score (nSPS) is 38.2. The molecule has 1 heterocycles. The first-order valence-electron chi connectivity index (χ1n) is 4.23. The summed E-state index contributed by atoms with van der Waals surface area (Å²) in [6.07, 6.45) is 2.29. The van der Waals surface area contributed by atoms with Crippen LogP contribution >= 0.6 is 0 Å². The largest absolute Gasteiger partial charge is 0.342 e. The predicted octanol–water partition coefficient (Wildman–Crippen LogP) is -0.140. The number of hydrogen-bond donors (Lipinski definition) is 2. The lowest BCUT2D eigenvalue weighted by atomic mass is 9.97. The minimum Gasteiger partial charge on any atom is -0.342 e. The molecule has 0 bridgehead atoms. The molecular formula is C8H13N3O. The fourth-order valence-corrected chi connectivity index (χ4v) is 1.63. The van der Waals surface area contributed by atoms with Crippen molar-refractivity contribution >= 4 is 11.9 Å². The summed E-state index contributed by atoms with van der Waals surface area (Å²) < 4.78 is 0. The molecule has 1 aliphatic heterocycles. The van der Waals surface area contributed by atoms with Crippen molar-refractivity contribution in [2.24, 2.45) is 10.9 Å². The van der Waals surface area contributed by atoms with Crippen molar-refractivity contribution in [3.8, 4) is 0 Å². The van der Waals surface area contributed by atoms with Crippen LogP contribution in [0.25, 0.3) is 0 Å². The first-order chi connectivity index (χ1) is 5.66. The lowest BCUT2D eigenvalue weighted by molar-refractivity contribution is -0.124. The van der Waals surface area contributed by atoms with Gasteiger partial charge in [0, 0.05) is 7.05 Å². The summed E-state index contributed by atoms with van der Waals surface area (Å²) in [6, 6.07) is 0. The molecule has 0 radical (unpaired) electrons. The van der Waals surface area contributed by atoms with Gasteiger partial charge in [0.05, 0.1) is 0 Å². The molecule has 0 aromatic carbocycles. The molecule has 0 aromatic heterocycles. The van der Waals surface area contributed by atoms with E-state index in [9.17, 15) is 4.79 Å². The molecule has 0 aromatic rings. The molecule has 2 fully saturated rings. The Labute approximate surface area is 71.4 Å². The highest BCUT2D eigenvalue weighted by molar-refractivity contribution is 6.09. The van der Waals surface area contributed by atoms with Crippen LogP contribution in [0.3, 0.4) is 0 Å². The van der Waals surface area contributed by atoms with Gasteiger partial charge in [-0.2, -0.15) is 0 Å². The third kappa shape index (κ3) is 0.906. The van der Waals surface area contributed by atoms with Crippen LogP contribution in [0.1, 0.15) is 19.8 Å². The number of amides is 1. The van der Waals surface area contributed by atoms with E-state index in [0.29, 0.717) is 11.9 Å². The van der Waals surface area contributed by atoms with Gasteiger partial charge in [-0.15, -0.1) is 0 Å². The number of guanidine groups is 1. The summed E-state index contributed by atoms with van der Waals surface area (Å²) in [5.41, 5.74) is -0.394. The number of carbonyl (C=O) groups excluding carboxylic acids is 1. The highest BCUT2D eigenvalue weighted by Gasteiger charge is 2.51. The monoisotopic (exact) mass is 167 g/mol. The van der Waals surface area contributed by atoms with Gasteiger partial charge in [-0.05, 0) is 25.7 Å². The maximum atomic E-state index is 11.5. The zero-order chi connectivity index (χ0) is 8.77. The summed E-state index contributed by atoms with van der Waals surface area (Å²) in [5.74, 6) is 1.16. The Bertz CT molecular complexity index is 257. The van der Waals surface area contributed by atoms with Gasteiger partial charge in [-0.3, -0.25) is 15.1 Å². The molecular weight excluding hydrogens is 154 g/mol. The average Bonchev–Trinajstić information content (AvgIpc) is 2.82. The highest BCUT2D eigenvalue weighted by atomic mass is 16.2. The molecule has 1 saturated carbocycles. The van der Waals surface area contributed by atoms with Gasteiger partial charge in [0.25, 0.3) is 5.91 Å². The van der Waals surface area contributed by atoms with E-state index in [-0.39, 0.29) is 5.91 Å². The molecule has 66 valence electrons. The maximum Gasteiger partial charge on any atom is 0.252 e. The molecule has 4 heteroatoms. The first-order valence-corrected chi connectivity index (χ1v) is 4.23. The van der Waals surface area contributed by atoms with E-state index in [1.54, 1.807) is 7.05 Å². The van der Waals surface area contributed by atoms with Crippen LogP contribution in [-0.4, -0.2) is 24.5 Å². The number of nitrogens with one attached hydrogen (secondary N) is 2. The van der Waals surface area contributed by atoms with E-state index in [2.05, 4.69) is 15.6 Å². The standard InChI is InChI=1S/C8H13N3O/c1-8(5-3-4-5)6(12)10-7(9-2)11-8/h5H,3-4H2,1-2H3,(H2,9,10,11,12). The molecule has 1 atom stereocenters. The van der Waals surface area contributed by atoms with Crippen molar-refractivity contribution in [3.05, 3.63) is 0 Å². The number of rotatable bonds is 1. The van der Waals surface area contributed by atoms with Crippen molar-refractivity contribution in [3.63, 3.8) is 0 Å². The molecule has 2 N–H and O–H groups in total. The van der Waals surface area contributed by atoms with E-state index >= 15 is 0 Å². The summed E-state index contributed by atoms with van der Waals surface area (Å²) in [5, 5.41) is 5.83. The Balaban J connectivity index is 2.21. The van der Waals surface area contributed by atoms with E-state index < -0.39 is 5.54 Å². The lowest BCUT2D eigenvalue weighted by Gasteiger charge is -2.19. The van der Waals surface area contributed by atoms with Gasteiger partial charge in [-0.25, -0.2) is 0 Å². The van der Waals surface area contributed by atoms with Crippen molar-refractivity contribution in [1.29, 1.82) is 0 Å². The van der Waals surface area contributed by atoms with Gasteiger partial charge in [0.2, 0.25) is 0 Å². The van der Waals surface area contributed by atoms with Gasteiger partial charge in [0.1, 0.15) is 5.54 Å². The maximum absolute atomic E-state index is 11.5. The number of nitrogens with zero attached hydrogens (tertiary/aromatic N) is 1. The number of aliphatic imine (C=N–C) groups is 1. The van der Waals surface area contributed by atoms with Gasteiger partial charge in [0.15, 0.2) is 5.96 Å². The van der Waals surface area contributed by atoms with Crippen LogP contribution in [0.5, 0.6) is 0 Å². The van der Waals surface area contributed by atoms with Crippen LogP contribution in [-0.2, 0) is 4.79 Å². The molecule has 12 heavy (non-hydrogen) atoms. The molecule has 1 unspecified atom stereocenters. The third-order valence-electron chi connectivity index (χ3n) is 2.70. The molecule has 1 amide bonds. The average molecular weight is 167 g/mol. The molecule has 0 spiro atoms. The second-order valence-electron chi connectivity index (χ2n) is 3.63. The van der Waals surface area contributed by atoms with Crippen LogP contribution in [0.15, 0.2) is 4.99 Å². The minimum absolute atomic E-state index is 0.0607. The Morgan fingerprint density at radius 1 is 1.58 bits per heavy atom. The van der Waals surface area contributed by atoms with E-state index in [4.69, 9.17) is 0 Å². The fraction of sp³-hybridized carbons (Fsp3) is 0.750. The zero-order valence-electron chi connectivity index (χ0n) is 7.35.